The first-order valence-corrected chi connectivity index (χ1v) is 6.13. The van der Waals surface area contributed by atoms with Gasteiger partial charge in [-0.1, -0.05) is 49.3 Å². The maximum Gasteiger partial charge on any atom is 0.103 e. The summed E-state index contributed by atoms with van der Waals surface area (Å²) in [5, 5.41) is 0. The van der Waals surface area contributed by atoms with Gasteiger partial charge in [0.05, 0.1) is 6.61 Å². The van der Waals surface area contributed by atoms with Gasteiger partial charge in [0.15, 0.2) is 0 Å². The van der Waals surface area contributed by atoms with Crippen LogP contribution in [0.3, 0.4) is 0 Å². The van der Waals surface area contributed by atoms with Crippen LogP contribution in [-0.2, 0) is 11.3 Å². The largest absolute Gasteiger partial charge is 0.389 e. The molecule has 2 rings (SSSR count). The Kier molecular flexibility index (Phi) is 3.91. The van der Waals surface area contributed by atoms with Crippen molar-refractivity contribution in [3.05, 3.63) is 35.4 Å². The fourth-order valence-corrected chi connectivity index (χ4v) is 1.75. The van der Waals surface area contributed by atoms with Gasteiger partial charge in [0, 0.05) is 12.2 Å². The Hall–Kier alpha value is -0.930. The normalized spacial score (nSPS) is 15.0. The molecule has 0 aromatic heterocycles. The summed E-state index contributed by atoms with van der Waals surface area (Å²) >= 11 is 4.89. The Labute approximate surface area is 102 Å². The highest BCUT2D eigenvalue weighted by atomic mass is 32.1. The van der Waals surface area contributed by atoms with Crippen molar-refractivity contribution in [2.75, 3.05) is 6.61 Å². The molecule has 3 heteroatoms. The number of thiocarbonyl (C=S) groups is 1. The lowest BCUT2D eigenvalue weighted by Crippen LogP contribution is -2.09. The van der Waals surface area contributed by atoms with Crippen molar-refractivity contribution in [1.82, 2.24) is 0 Å². The second-order valence-corrected chi connectivity index (χ2v) is 4.79. The van der Waals surface area contributed by atoms with Gasteiger partial charge in [0.25, 0.3) is 0 Å². The number of ether oxygens (including phenoxy) is 1. The molecular formula is C13H17NOS. The minimum absolute atomic E-state index is 0.446. The summed E-state index contributed by atoms with van der Waals surface area (Å²) in [4.78, 5) is 0.446. The number of rotatable bonds is 6. The predicted octanol–water partition coefficient (Wildman–Crippen LogP) is 2.64. The van der Waals surface area contributed by atoms with Crippen LogP contribution < -0.4 is 5.73 Å². The predicted molar refractivity (Wildman–Crippen MR) is 69.3 cm³/mol. The molecule has 0 heterocycles. The van der Waals surface area contributed by atoms with E-state index in [1.165, 1.54) is 24.8 Å². The molecule has 0 aliphatic heterocycles. The molecule has 86 valence electrons. The maximum atomic E-state index is 5.61. The van der Waals surface area contributed by atoms with E-state index in [2.05, 4.69) is 0 Å². The summed E-state index contributed by atoms with van der Waals surface area (Å²) in [6, 6.07) is 7.93. The fourth-order valence-electron chi connectivity index (χ4n) is 1.61. The first kappa shape index (κ1) is 11.6. The molecule has 1 aromatic carbocycles. The van der Waals surface area contributed by atoms with Crippen LogP contribution in [0.5, 0.6) is 0 Å². The van der Waals surface area contributed by atoms with Crippen molar-refractivity contribution in [2.24, 2.45) is 11.7 Å². The first-order valence-electron chi connectivity index (χ1n) is 5.72. The summed E-state index contributed by atoms with van der Waals surface area (Å²) in [6.45, 7) is 1.56. The summed E-state index contributed by atoms with van der Waals surface area (Å²) in [7, 11) is 0. The van der Waals surface area contributed by atoms with Crippen LogP contribution in [0.25, 0.3) is 0 Å². The van der Waals surface area contributed by atoms with E-state index in [0.29, 0.717) is 11.6 Å². The third-order valence-electron chi connectivity index (χ3n) is 2.87. The minimum Gasteiger partial charge on any atom is -0.389 e. The van der Waals surface area contributed by atoms with Crippen molar-refractivity contribution in [3.8, 4) is 0 Å². The maximum absolute atomic E-state index is 5.61. The summed E-state index contributed by atoms with van der Waals surface area (Å²) in [6.07, 6.45) is 4.00. The molecule has 0 bridgehead atoms. The zero-order valence-electron chi connectivity index (χ0n) is 9.32. The van der Waals surface area contributed by atoms with E-state index >= 15 is 0 Å². The Bertz CT molecular complexity index is 357. The number of hydrogen-bond acceptors (Lipinski definition) is 2. The Balaban J connectivity index is 1.73. The first-order chi connectivity index (χ1) is 7.75. The van der Waals surface area contributed by atoms with Crippen molar-refractivity contribution >= 4 is 17.2 Å². The molecule has 16 heavy (non-hydrogen) atoms. The van der Waals surface area contributed by atoms with Gasteiger partial charge in [-0.3, -0.25) is 0 Å². The van der Waals surface area contributed by atoms with Crippen molar-refractivity contribution < 1.29 is 4.74 Å². The highest BCUT2D eigenvalue weighted by molar-refractivity contribution is 7.80. The molecule has 0 spiro atoms. The van der Waals surface area contributed by atoms with E-state index in [1.807, 2.05) is 24.3 Å². The SMILES string of the molecule is NC(=S)c1ccc(COCCC2CC2)cc1. The number of benzene rings is 1. The third kappa shape index (κ3) is 3.58. The lowest BCUT2D eigenvalue weighted by Gasteiger charge is -2.04. The van der Waals surface area contributed by atoms with Gasteiger partial charge in [0.2, 0.25) is 0 Å². The molecule has 0 unspecified atom stereocenters. The van der Waals surface area contributed by atoms with Crippen molar-refractivity contribution in [3.63, 3.8) is 0 Å². The highest BCUT2D eigenvalue weighted by Crippen LogP contribution is 2.32. The average molecular weight is 235 g/mol. The lowest BCUT2D eigenvalue weighted by atomic mass is 10.1. The van der Waals surface area contributed by atoms with Gasteiger partial charge < -0.3 is 10.5 Å². The Morgan fingerprint density at radius 3 is 2.56 bits per heavy atom. The quantitative estimate of drug-likeness (QED) is 0.608. The van der Waals surface area contributed by atoms with Gasteiger partial charge in [0.1, 0.15) is 4.99 Å². The summed E-state index contributed by atoms with van der Waals surface area (Å²) in [5.74, 6) is 0.942. The Morgan fingerprint density at radius 1 is 1.31 bits per heavy atom. The summed E-state index contributed by atoms with van der Waals surface area (Å²) in [5.41, 5.74) is 7.62. The lowest BCUT2D eigenvalue weighted by molar-refractivity contribution is 0.115. The molecule has 1 fully saturated rings. The van der Waals surface area contributed by atoms with Gasteiger partial charge in [-0.25, -0.2) is 0 Å². The van der Waals surface area contributed by atoms with E-state index in [4.69, 9.17) is 22.7 Å². The van der Waals surface area contributed by atoms with Crippen LogP contribution in [0.15, 0.2) is 24.3 Å². The highest BCUT2D eigenvalue weighted by Gasteiger charge is 2.20. The van der Waals surface area contributed by atoms with Crippen LogP contribution >= 0.6 is 12.2 Å². The van der Waals surface area contributed by atoms with Gasteiger partial charge in [-0.05, 0) is 17.9 Å². The van der Waals surface area contributed by atoms with Crippen LogP contribution in [0.2, 0.25) is 0 Å². The second-order valence-electron chi connectivity index (χ2n) is 4.35. The molecule has 0 radical (unpaired) electrons. The van der Waals surface area contributed by atoms with E-state index < -0.39 is 0 Å². The fraction of sp³-hybridized carbons (Fsp3) is 0.462. The zero-order valence-corrected chi connectivity index (χ0v) is 10.1. The molecule has 2 N–H and O–H groups in total. The zero-order chi connectivity index (χ0) is 11.4. The van der Waals surface area contributed by atoms with Crippen molar-refractivity contribution in [2.45, 2.75) is 25.9 Å². The van der Waals surface area contributed by atoms with E-state index in [0.717, 1.165) is 18.1 Å². The minimum atomic E-state index is 0.446. The number of nitrogens with two attached hydrogens (primary N) is 1. The molecule has 1 aliphatic carbocycles. The van der Waals surface area contributed by atoms with Crippen LogP contribution in [0.4, 0.5) is 0 Å². The molecule has 1 aromatic rings. The van der Waals surface area contributed by atoms with E-state index in [-0.39, 0.29) is 0 Å². The van der Waals surface area contributed by atoms with Crippen LogP contribution in [-0.4, -0.2) is 11.6 Å². The Morgan fingerprint density at radius 2 is 2.00 bits per heavy atom. The van der Waals surface area contributed by atoms with Gasteiger partial charge >= 0.3 is 0 Å². The number of hydrogen-bond donors (Lipinski definition) is 1. The third-order valence-corrected chi connectivity index (χ3v) is 3.11. The van der Waals surface area contributed by atoms with Gasteiger partial charge in [-0.15, -0.1) is 0 Å². The average Bonchev–Trinajstić information content (AvgIpc) is 3.09. The summed E-state index contributed by atoms with van der Waals surface area (Å²) < 4.78 is 5.61. The smallest absolute Gasteiger partial charge is 0.103 e. The standard InChI is InChI=1S/C13H17NOS/c14-13(16)12-5-3-11(4-6-12)9-15-8-7-10-1-2-10/h3-6,10H,1-2,7-9H2,(H2,14,16). The molecule has 2 nitrogen and oxygen atoms in total. The molecule has 1 saturated carbocycles. The molecule has 0 amide bonds. The molecule has 1 aliphatic rings. The molecule has 0 atom stereocenters. The second kappa shape index (κ2) is 5.41. The molecular weight excluding hydrogens is 218 g/mol. The van der Waals surface area contributed by atoms with Crippen molar-refractivity contribution in [1.29, 1.82) is 0 Å². The molecule has 0 saturated heterocycles. The van der Waals surface area contributed by atoms with Gasteiger partial charge in [-0.2, -0.15) is 0 Å². The van der Waals surface area contributed by atoms with Crippen LogP contribution in [0, 0.1) is 5.92 Å². The monoisotopic (exact) mass is 235 g/mol. The van der Waals surface area contributed by atoms with E-state index in [1.54, 1.807) is 0 Å². The van der Waals surface area contributed by atoms with E-state index in [9.17, 15) is 0 Å². The topological polar surface area (TPSA) is 35.2 Å². The van der Waals surface area contributed by atoms with Crippen LogP contribution in [0.1, 0.15) is 30.4 Å².